The van der Waals surface area contributed by atoms with Crippen LogP contribution in [0, 0.1) is 6.92 Å². The van der Waals surface area contributed by atoms with Crippen LogP contribution < -0.4 is 10.5 Å². The molecule has 0 saturated heterocycles. The molecule has 0 spiro atoms. The first-order chi connectivity index (χ1) is 11.1. The van der Waals surface area contributed by atoms with Gasteiger partial charge in [-0.25, -0.2) is 4.68 Å². The average Bonchev–Trinajstić information content (AvgIpc) is 2.83. The molecule has 0 aliphatic carbocycles. The van der Waals surface area contributed by atoms with Gasteiger partial charge in [-0.15, -0.1) is 0 Å². The van der Waals surface area contributed by atoms with Gasteiger partial charge >= 0.3 is 0 Å². The Morgan fingerprint density at radius 1 is 1.17 bits per heavy atom. The van der Waals surface area contributed by atoms with Gasteiger partial charge in [-0.3, -0.25) is 0 Å². The van der Waals surface area contributed by atoms with Gasteiger partial charge in [0.15, 0.2) is 0 Å². The molecule has 0 atom stereocenters. The molecule has 0 bridgehead atoms. The van der Waals surface area contributed by atoms with Gasteiger partial charge in [0, 0.05) is 5.56 Å². The van der Waals surface area contributed by atoms with Crippen molar-refractivity contribution in [2.75, 3.05) is 12.8 Å². The van der Waals surface area contributed by atoms with E-state index in [0.29, 0.717) is 12.4 Å². The van der Waals surface area contributed by atoms with Crippen LogP contribution in [0.5, 0.6) is 5.75 Å². The predicted octanol–water partition coefficient (Wildman–Crippen LogP) is 4.26. The second kappa shape index (κ2) is 6.46. The van der Waals surface area contributed by atoms with Crippen molar-refractivity contribution >= 4 is 21.7 Å². The van der Waals surface area contributed by atoms with Crippen molar-refractivity contribution in [3.63, 3.8) is 0 Å². The maximum absolute atomic E-state index is 6.36. The lowest BCUT2D eigenvalue weighted by Crippen LogP contribution is -2.06. The maximum atomic E-state index is 6.36. The zero-order valence-electron chi connectivity index (χ0n) is 13.1. The first-order valence-electron chi connectivity index (χ1n) is 7.31. The number of aryl methyl sites for hydroxylation is 1. The number of benzene rings is 2. The fourth-order valence-electron chi connectivity index (χ4n) is 2.65. The molecule has 3 rings (SSSR count). The number of halogens is 1. The summed E-state index contributed by atoms with van der Waals surface area (Å²) in [5, 5.41) is 4.60. The van der Waals surface area contributed by atoms with E-state index in [1.807, 2.05) is 48.0 Å². The normalized spacial score (nSPS) is 10.7. The first kappa shape index (κ1) is 15.6. The monoisotopic (exact) mass is 371 g/mol. The Bertz CT molecular complexity index is 828. The smallest absolute Gasteiger partial charge is 0.133 e. The van der Waals surface area contributed by atoms with E-state index in [9.17, 15) is 0 Å². The number of hydrogen-bond acceptors (Lipinski definition) is 3. The summed E-state index contributed by atoms with van der Waals surface area (Å²) < 4.78 is 8.13. The van der Waals surface area contributed by atoms with E-state index in [-0.39, 0.29) is 0 Å². The number of rotatable bonds is 4. The van der Waals surface area contributed by atoms with Crippen LogP contribution >= 0.6 is 15.9 Å². The zero-order chi connectivity index (χ0) is 16.4. The molecule has 0 radical (unpaired) electrons. The van der Waals surface area contributed by atoms with E-state index in [1.165, 1.54) is 5.56 Å². The van der Waals surface area contributed by atoms with Crippen molar-refractivity contribution in [3.8, 4) is 16.9 Å². The summed E-state index contributed by atoms with van der Waals surface area (Å²) in [6.07, 6.45) is 0. The van der Waals surface area contributed by atoms with Crippen molar-refractivity contribution in [3.05, 3.63) is 64.3 Å². The third-order valence-corrected chi connectivity index (χ3v) is 4.44. The van der Waals surface area contributed by atoms with Crippen LogP contribution in [0.2, 0.25) is 0 Å². The highest BCUT2D eigenvalue weighted by molar-refractivity contribution is 9.10. The number of methoxy groups -OCH3 is 1. The van der Waals surface area contributed by atoms with Crippen molar-refractivity contribution in [2.24, 2.45) is 0 Å². The van der Waals surface area contributed by atoms with Crippen molar-refractivity contribution in [2.45, 2.75) is 13.5 Å². The summed E-state index contributed by atoms with van der Waals surface area (Å²) in [5.41, 5.74) is 10.4. The third-order valence-electron chi connectivity index (χ3n) is 3.78. The van der Waals surface area contributed by atoms with E-state index in [0.717, 1.165) is 27.0 Å². The highest BCUT2D eigenvalue weighted by Gasteiger charge is 2.16. The predicted molar refractivity (Wildman–Crippen MR) is 96.6 cm³/mol. The van der Waals surface area contributed by atoms with Gasteiger partial charge in [0.1, 0.15) is 11.6 Å². The summed E-state index contributed by atoms with van der Waals surface area (Å²) in [4.78, 5) is 0. The molecule has 1 aromatic heterocycles. The van der Waals surface area contributed by atoms with E-state index >= 15 is 0 Å². The maximum Gasteiger partial charge on any atom is 0.133 e. The molecule has 0 amide bonds. The van der Waals surface area contributed by atoms with E-state index in [1.54, 1.807) is 7.11 Å². The molecule has 23 heavy (non-hydrogen) atoms. The van der Waals surface area contributed by atoms with Crippen LogP contribution in [0.15, 0.2) is 53.0 Å². The molecule has 0 fully saturated rings. The summed E-state index contributed by atoms with van der Waals surface area (Å²) in [5.74, 6) is 1.44. The van der Waals surface area contributed by atoms with Crippen LogP contribution in [0.3, 0.4) is 0 Å². The number of aromatic nitrogens is 2. The van der Waals surface area contributed by atoms with Gasteiger partial charge in [-0.2, -0.15) is 5.10 Å². The average molecular weight is 372 g/mol. The van der Waals surface area contributed by atoms with Crippen LogP contribution in [0.1, 0.15) is 11.3 Å². The van der Waals surface area contributed by atoms with Gasteiger partial charge in [0.05, 0.1) is 23.8 Å². The van der Waals surface area contributed by atoms with Crippen LogP contribution in [0.25, 0.3) is 11.1 Å². The highest BCUT2D eigenvalue weighted by Crippen LogP contribution is 2.35. The summed E-state index contributed by atoms with van der Waals surface area (Å²) in [6.45, 7) is 2.63. The SMILES string of the molecule is COc1cc(-c2c(C)nn(Cc3ccccc3)c2N)ccc1Br. The van der Waals surface area contributed by atoms with Crippen molar-refractivity contribution in [1.29, 1.82) is 0 Å². The van der Waals surface area contributed by atoms with Crippen molar-refractivity contribution in [1.82, 2.24) is 9.78 Å². The summed E-state index contributed by atoms with van der Waals surface area (Å²) >= 11 is 3.47. The molecule has 0 aliphatic heterocycles. The Kier molecular flexibility index (Phi) is 4.39. The molecule has 5 heteroatoms. The Morgan fingerprint density at radius 3 is 2.61 bits per heavy atom. The second-order valence-corrected chi connectivity index (χ2v) is 6.19. The molecular formula is C18H18BrN3O. The van der Waals surface area contributed by atoms with E-state index in [2.05, 4.69) is 33.2 Å². The van der Waals surface area contributed by atoms with Crippen molar-refractivity contribution < 1.29 is 4.74 Å². The highest BCUT2D eigenvalue weighted by atomic mass is 79.9. The Morgan fingerprint density at radius 2 is 1.91 bits per heavy atom. The lowest BCUT2D eigenvalue weighted by Gasteiger charge is -2.08. The fourth-order valence-corrected chi connectivity index (χ4v) is 3.06. The molecule has 118 valence electrons. The van der Waals surface area contributed by atoms with Crippen LogP contribution in [-0.2, 0) is 6.54 Å². The lowest BCUT2D eigenvalue weighted by atomic mass is 10.1. The minimum atomic E-state index is 0.654. The number of nitrogens with two attached hydrogens (primary N) is 1. The minimum Gasteiger partial charge on any atom is -0.496 e. The largest absolute Gasteiger partial charge is 0.496 e. The number of nitrogens with zero attached hydrogens (tertiary/aromatic N) is 2. The lowest BCUT2D eigenvalue weighted by molar-refractivity contribution is 0.412. The number of hydrogen-bond donors (Lipinski definition) is 1. The fraction of sp³-hybridized carbons (Fsp3) is 0.167. The molecule has 3 aromatic rings. The number of ether oxygens (including phenoxy) is 1. The van der Waals surface area contributed by atoms with E-state index in [4.69, 9.17) is 10.5 Å². The van der Waals surface area contributed by atoms with Gasteiger partial charge < -0.3 is 10.5 Å². The standard InChI is InChI=1S/C18H18BrN3O/c1-12-17(14-8-9-15(19)16(10-14)23-2)18(20)22(21-12)11-13-6-4-3-5-7-13/h3-10H,11,20H2,1-2H3. The quantitative estimate of drug-likeness (QED) is 0.745. The third kappa shape index (κ3) is 3.10. The molecule has 0 saturated carbocycles. The molecule has 0 unspecified atom stereocenters. The Labute approximate surface area is 144 Å². The molecular weight excluding hydrogens is 354 g/mol. The topological polar surface area (TPSA) is 53.1 Å². The van der Waals surface area contributed by atoms with Gasteiger partial charge in [0.25, 0.3) is 0 Å². The molecule has 2 N–H and O–H groups in total. The van der Waals surface area contributed by atoms with Gasteiger partial charge in [-0.1, -0.05) is 36.4 Å². The molecule has 1 heterocycles. The Balaban J connectivity index is 2.01. The number of nitrogen functional groups attached to an aromatic ring is 1. The molecule has 0 aliphatic rings. The van der Waals surface area contributed by atoms with Gasteiger partial charge in [0.2, 0.25) is 0 Å². The minimum absolute atomic E-state index is 0.654. The number of anilines is 1. The first-order valence-corrected chi connectivity index (χ1v) is 8.10. The molecule has 2 aromatic carbocycles. The van der Waals surface area contributed by atoms with Gasteiger partial charge in [-0.05, 0) is 46.1 Å². The van der Waals surface area contributed by atoms with Crippen LogP contribution in [-0.4, -0.2) is 16.9 Å². The Hall–Kier alpha value is -2.27. The summed E-state index contributed by atoms with van der Waals surface area (Å²) in [6, 6.07) is 16.1. The zero-order valence-corrected chi connectivity index (χ0v) is 14.7. The second-order valence-electron chi connectivity index (χ2n) is 5.34. The molecule has 4 nitrogen and oxygen atoms in total. The van der Waals surface area contributed by atoms with E-state index < -0.39 is 0 Å². The summed E-state index contributed by atoms with van der Waals surface area (Å²) in [7, 11) is 1.65. The van der Waals surface area contributed by atoms with Crippen LogP contribution in [0.4, 0.5) is 5.82 Å².